The van der Waals surface area contributed by atoms with E-state index in [1.54, 1.807) is 23.5 Å². The highest BCUT2D eigenvalue weighted by atomic mass is 32.1. The molecule has 0 saturated carbocycles. The largest absolute Gasteiger partial charge is 0.508 e. The Kier molecular flexibility index (Phi) is 6.43. The summed E-state index contributed by atoms with van der Waals surface area (Å²) < 4.78 is 5.34. The smallest absolute Gasteiger partial charge is 0.341 e. The van der Waals surface area contributed by atoms with E-state index >= 15 is 0 Å². The summed E-state index contributed by atoms with van der Waals surface area (Å²) in [6.07, 6.45) is 4.23. The van der Waals surface area contributed by atoms with Crippen molar-refractivity contribution in [3.8, 4) is 5.75 Å². The minimum atomic E-state index is -0.251. The molecular weight excluding hydrogens is 418 g/mol. The first kappa shape index (κ1) is 20.9. The molecule has 1 aromatic heterocycles. The summed E-state index contributed by atoms with van der Waals surface area (Å²) in [5.41, 5.74) is 2.93. The number of carbonyl (C=O) groups excluding carboxylic acids is 1. The van der Waals surface area contributed by atoms with Gasteiger partial charge in [0.2, 0.25) is 0 Å². The SMILES string of the molecule is CCOC(=O)c1c(NC(=S)N2CCN(c3ccc(O)cc3)CC2)sc2c1CCCC2. The molecule has 8 heteroatoms. The molecule has 4 rings (SSSR count). The summed E-state index contributed by atoms with van der Waals surface area (Å²) >= 11 is 7.34. The molecule has 0 bridgehead atoms. The second kappa shape index (κ2) is 9.22. The zero-order valence-corrected chi connectivity index (χ0v) is 18.8. The standard InChI is InChI=1S/C22H27N3O3S2/c1-2-28-21(27)19-17-5-3-4-6-18(17)30-20(19)23-22(29)25-13-11-24(12-14-25)15-7-9-16(26)10-8-15/h7-10,26H,2-6,11-14H2,1H3,(H,23,29). The van der Waals surface area contributed by atoms with Crippen molar-refractivity contribution in [3.63, 3.8) is 0 Å². The Bertz CT molecular complexity index is 918. The van der Waals surface area contributed by atoms with Gasteiger partial charge in [-0.3, -0.25) is 0 Å². The predicted octanol–water partition coefficient (Wildman–Crippen LogP) is 4.03. The van der Waals surface area contributed by atoms with Gasteiger partial charge in [0.1, 0.15) is 10.8 Å². The van der Waals surface area contributed by atoms with Crippen LogP contribution in [0.3, 0.4) is 0 Å². The lowest BCUT2D eigenvalue weighted by atomic mass is 9.95. The molecule has 0 spiro atoms. The molecule has 2 N–H and O–H groups in total. The van der Waals surface area contributed by atoms with Gasteiger partial charge in [0.05, 0.1) is 12.2 Å². The van der Waals surface area contributed by atoms with Crippen LogP contribution >= 0.6 is 23.6 Å². The Morgan fingerprint density at radius 1 is 1.17 bits per heavy atom. The number of hydrogen-bond acceptors (Lipinski definition) is 6. The fourth-order valence-corrected chi connectivity index (χ4v) is 5.71. The van der Waals surface area contributed by atoms with Crippen LogP contribution in [0.2, 0.25) is 0 Å². The molecule has 2 heterocycles. The number of thiophene rings is 1. The molecule has 2 aromatic rings. The third kappa shape index (κ3) is 4.39. The van der Waals surface area contributed by atoms with Crippen LogP contribution in [-0.2, 0) is 17.6 Å². The Morgan fingerprint density at radius 2 is 1.87 bits per heavy atom. The van der Waals surface area contributed by atoms with E-state index in [0.717, 1.165) is 61.7 Å². The van der Waals surface area contributed by atoms with Crippen molar-refractivity contribution in [2.45, 2.75) is 32.6 Å². The summed E-state index contributed by atoms with van der Waals surface area (Å²) in [5.74, 6) is 0.0261. The first-order valence-corrected chi connectivity index (χ1v) is 11.7. The van der Waals surface area contributed by atoms with Gasteiger partial charge in [-0.25, -0.2) is 4.79 Å². The summed E-state index contributed by atoms with van der Waals surface area (Å²) in [5, 5.41) is 14.3. The number of phenolic OH excluding ortho intramolecular Hbond substituents is 1. The van der Waals surface area contributed by atoms with Crippen molar-refractivity contribution >= 4 is 45.3 Å². The molecule has 30 heavy (non-hydrogen) atoms. The quantitative estimate of drug-likeness (QED) is 0.544. The number of carbonyl (C=O) groups is 1. The van der Waals surface area contributed by atoms with Gasteiger partial charge >= 0.3 is 5.97 Å². The molecule has 1 aliphatic heterocycles. The van der Waals surface area contributed by atoms with Gasteiger partial charge in [0.15, 0.2) is 5.11 Å². The number of nitrogens with one attached hydrogen (secondary N) is 1. The molecule has 0 atom stereocenters. The molecule has 1 aliphatic carbocycles. The normalized spacial score (nSPS) is 16.2. The van der Waals surface area contributed by atoms with Crippen molar-refractivity contribution in [1.29, 1.82) is 0 Å². The number of hydrogen-bond donors (Lipinski definition) is 2. The topological polar surface area (TPSA) is 65.0 Å². The number of thiocarbonyl (C=S) groups is 1. The number of ether oxygens (including phenoxy) is 1. The first-order chi connectivity index (χ1) is 14.6. The Balaban J connectivity index is 1.43. The van der Waals surface area contributed by atoms with Gasteiger partial charge in [-0.2, -0.15) is 0 Å². The summed E-state index contributed by atoms with van der Waals surface area (Å²) in [7, 11) is 0. The average Bonchev–Trinajstić information content (AvgIpc) is 3.12. The van der Waals surface area contributed by atoms with Gasteiger partial charge in [0, 0.05) is 36.7 Å². The van der Waals surface area contributed by atoms with Crippen LogP contribution in [0.4, 0.5) is 10.7 Å². The Hall–Kier alpha value is -2.32. The van der Waals surface area contributed by atoms with Crippen LogP contribution in [0.15, 0.2) is 24.3 Å². The number of aryl methyl sites for hydroxylation is 1. The van der Waals surface area contributed by atoms with Gasteiger partial charge in [-0.1, -0.05) is 0 Å². The maximum Gasteiger partial charge on any atom is 0.341 e. The van der Waals surface area contributed by atoms with Crippen molar-refractivity contribution in [2.75, 3.05) is 43.0 Å². The summed E-state index contributed by atoms with van der Waals surface area (Å²) in [4.78, 5) is 18.4. The second-order valence-electron chi connectivity index (χ2n) is 7.56. The molecule has 2 aliphatic rings. The lowest BCUT2D eigenvalue weighted by molar-refractivity contribution is 0.0526. The van der Waals surface area contributed by atoms with Crippen LogP contribution in [0, 0.1) is 0 Å². The number of rotatable bonds is 4. The molecule has 6 nitrogen and oxygen atoms in total. The lowest BCUT2D eigenvalue weighted by Crippen LogP contribution is -2.50. The summed E-state index contributed by atoms with van der Waals surface area (Å²) in [6.45, 7) is 5.49. The van der Waals surface area contributed by atoms with Crippen molar-refractivity contribution in [3.05, 3.63) is 40.3 Å². The molecule has 0 radical (unpaired) electrons. The van der Waals surface area contributed by atoms with Gasteiger partial charge in [-0.15, -0.1) is 11.3 Å². The number of piperazine rings is 1. The van der Waals surface area contributed by atoms with E-state index in [4.69, 9.17) is 17.0 Å². The third-order valence-electron chi connectivity index (χ3n) is 5.65. The Morgan fingerprint density at radius 3 is 2.57 bits per heavy atom. The zero-order chi connectivity index (χ0) is 21.1. The lowest BCUT2D eigenvalue weighted by Gasteiger charge is -2.37. The fraction of sp³-hybridized carbons (Fsp3) is 0.455. The molecule has 1 aromatic carbocycles. The number of phenols is 1. The van der Waals surface area contributed by atoms with Crippen molar-refractivity contribution in [2.24, 2.45) is 0 Å². The number of esters is 1. The number of anilines is 2. The van der Waals surface area contributed by atoms with Crippen LogP contribution in [0.5, 0.6) is 5.75 Å². The van der Waals surface area contributed by atoms with Crippen LogP contribution in [0.25, 0.3) is 0 Å². The average molecular weight is 446 g/mol. The van der Waals surface area contributed by atoms with E-state index in [0.29, 0.717) is 17.3 Å². The molecule has 160 valence electrons. The highest BCUT2D eigenvalue weighted by Crippen LogP contribution is 2.38. The summed E-state index contributed by atoms with van der Waals surface area (Å²) in [6, 6.07) is 7.29. The van der Waals surface area contributed by atoms with Crippen molar-refractivity contribution in [1.82, 2.24) is 4.90 Å². The van der Waals surface area contributed by atoms with Gasteiger partial charge in [-0.05, 0) is 74.7 Å². The third-order valence-corrected chi connectivity index (χ3v) is 7.22. The zero-order valence-electron chi connectivity index (χ0n) is 17.1. The van der Waals surface area contributed by atoms with Crippen molar-refractivity contribution < 1.29 is 14.6 Å². The first-order valence-electron chi connectivity index (χ1n) is 10.5. The van der Waals surface area contributed by atoms with E-state index < -0.39 is 0 Å². The number of benzene rings is 1. The highest BCUT2D eigenvalue weighted by Gasteiger charge is 2.28. The fourth-order valence-electron chi connectivity index (χ4n) is 4.08. The van der Waals surface area contributed by atoms with E-state index in [9.17, 15) is 9.90 Å². The highest BCUT2D eigenvalue weighted by molar-refractivity contribution is 7.80. The molecule has 1 fully saturated rings. The number of aromatic hydroxyl groups is 1. The molecule has 0 unspecified atom stereocenters. The van der Waals surface area contributed by atoms with Crippen LogP contribution in [0.1, 0.15) is 40.6 Å². The number of fused-ring (bicyclic) bond motifs is 1. The number of nitrogens with zero attached hydrogens (tertiary/aromatic N) is 2. The second-order valence-corrected chi connectivity index (χ2v) is 9.05. The predicted molar refractivity (Wildman–Crippen MR) is 125 cm³/mol. The minimum Gasteiger partial charge on any atom is -0.508 e. The molecule has 1 saturated heterocycles. The van der Waals surface area contributed by atoms with E-state index in [1.807, 2.05) is 19.1 Å². The van der Waals surface area contributed by atoms with Crippen LogP contribution < -0.4 is 10.2 Å². The molecular formula is C22H27N3O3S2. The Labute approximate surface area is 186 Å². The molecule has 0 amide bonds. The van der Waals surface area contributed by atoms with E-state index in [1.165, 1.54) is 11.3 Å². The minimum absolute atomic E-state index is 0.251. The van der Waals surface area contributed by atoms with Gasteiger partial charge in [0.25, 0.3) is 0 Å². The van der Waals surface area contributed by atoms with Crippen LogP contribution in [-0.4, -0.2) is 53.9 Å². The monoisotopic (exact) mass is 445 g/mol. The van der Waals surface area contributed by atoms with E-state index in [2.05, 4.69) is 15.1 Å². The van der Waals surface area contributed by atoms with Gasteiger partial charge < -0.3 is 25.0 Å². The maximum atomic E-state index is 12.6. The van der Waals surface area contributed by atoms with E-state index in [-0.39, 0.29) is 11.7 Å². The maximum absolute atomic E-state index is 12.6.